The Balaban J connectivity index is 1.84. The number of halogens is 2. The van der Waals surface area contributed by atoms with E-state index in [9.17, 15) is 8.78 Å². The van der Waals surface area contributed by atoms with Crippen LogP contribution in [0.1, 0.15) is 6.42 Å². The molecule has 0 aromatic carbocycles. The predicted octanol–water partition coefficient (Wildman–Crippen LogP) is 0.00230. The van der Waals surface area contributed by atoms with Gasteiger partial charge in [0, 0.05) is 31.7 Å². The summed E-state index contributed by atoms with van der Waals surface area (Å²) in [6.07, 6.45) is -1.23. The Bertz CT molecular complexity index is 203. The van der Waals surface area contributed by atoms with E-state index in [1.807, 2.05) is 4.90 Å². The number of hydrogen-bond acceptors (Lipinski definition) is 3. The fraction of sp³-hybridized carbons (Fsp3) is 1.00. The van der Waals surface area contributed by atoms with E-state index in [1.54, 1.807) is 0 Å². The summed E-state index contributed by atoms with van der Waals surface area (Å²) in [5.41, 5.74) is 0. The molecule has 2 heterocycles. The van der Waals surface area contributed by atoms with Gasteiger partial charge in [0.05, 0.1) is 13.2 Å². The molecule has 0 amide bonds. The van der Waals surface area contributed by atoms with Crippen LogP contribution < -0.4 is 0 Å². The Kier molecular flexibility index (Phi) is 2.99. The van der Waals surface area contributed by atoms with Gasteiger partial charge < -0.3 is 5.11 Å². The van der Waals surface area contributed by atoms with E-state index in [-0.39, 0.29) is 13.2 Å². The van der Waals surface area contributed by atoms with Crippen molar-refractivity contribution in [2.45, 2.75) is 24.9 Å². The molecule has 0 saturated carbocycles. The number of hydrogen-bond donors (Lipinski definition) is 1. The largest absolute Gasteiger partial charge is 0.395 e. The average molecular weight is 206 g/mol. The first kappa shape index (κ1) is 10.3. The number of β-amino-alcohol motifs (C(OH)–C–C–N with tert-alkyl or cyclic N) is 1. The zero-order valence-electron chi connectivity index (χ0n) is 8.07. The number of fused-ring (bicyclic) bond motifs is 2. The van der Waals surface area contributed by atoms with Gasteiger partial charge in [-0.3, -0.25) is 9.80 Å². The minimum absolute atomic E-state index is 0.0892. The molecule has 2 aliphatic rings. The van der Waals surface area contributed by atoms with Gasteiger partial charge in [-0.05, 0) is 6.42 Å². The van der Waals surface area contributed by atoms with Gasteiger partial charge in [0.25, 0.3) is 6.43 Å². The van der Waals surface area contributed by atoms with Crippen molar-refractivity contribution >= 4 is 0 Å². The lowest BCUT2D eigenvalue weighted by atomic mass is 10.2. The van der Waals surface area contributed by atoms with Gasteiger partial charge in [-0.15, -0.1) is 0 Å². The molecule has 2 rings (SSSR count). The summed E-state index contributed by atoms with van der Waals surface area (Å²) in [7, 11) is 0. The lowest BCUT2D eigenvalue weighted by Gasteiger charge is -2.33. The van der Waals surface area contributed by atoms with E-state index in [4.69, 9.17) is 5.11 Å². The van der Waals surface area contributed by atoms with Gasteiger partial charge in [0.2, 0.25) is 0 Å². The van der Waals surface area contributed by atoms with Crippen molar-refractivity contribution in [3.63, 3.8) is 0 Å². The number of piperazine rings is 1. The van der Waals surface area contributed by atoms with Gasteiger partial charge >= 0.3 is 0 Å². The highest BCUT2D eigenvalue weighted by atomic mass is 19.3. The number of nitrogens with zero attached hydrogens (tertiary/aromatic N) is 2. The Labute approximate surface area is 82.3 Å². The fourth-order valence-electron chi connectivity index (χ4n) is 2.63. The molecule has 0 unspecified atom stereocenters. The molecule has 2 atom stereocenters. The third kappa shape index (κ3) is 1.89. The maximum atomic E-state index is 12.2. The van der Waals surface area contributed by atoms with E-state index in [0.717, 1.165) is 19.5 Å². The number of alkyl halides is 2. The molecule has 2 bridgehead atoms. The normalized spacial score (nSPS) is 33.4. The second-order valence-electron chi connectivity index (χ2n) is 4.11. The van der Waals surface area contributed by atoms with E-state index < -0.39 is 6.43 Å². The highest BCUT2D eigenvalue weighted by Crippen LogP contribution is 2.30. The van der Waals surface area contributed by atoms with Crippen molar-refractivity contribution in [2.24, 2.45) is 0 Å². The van der Waals surface area contributed by atoms with Crippen LogP contribution in [0.25, 0.3) is 0 Å². The summed E-state index contributed by atoms with van der Waals surface area (Å²) in [6.45, 7) is 2.35. The number of likely N-dealkylation sites (tertiary alicyclic amines) is 2. The molecule has 0 spiro atoms. The second kappa shape index (κ2) is 4.08. The Morgan fingerprint density at radius 1 is 1.21 bits per heavy atom. The van der Waals surface area contributed by atoms with Crippen molar-refractivity contribution in [1.29, 1.82) is 0 Å². The molecule has 0 aromatic rings. The summed E-state index contributed by atoms with van der Waals surface area (Å²) in [6, 6.07) is 0.687. The van der Waals surface area contributed by atoms with Crippen LogP contribution in [0.2, 0.25) is 0 Å². The van der Waals surface area contributed by atoms with E-state index >= 15 is 0 Å². The van der Waals surface area contributed by atoms with Gasteiger partial charge in [-0.1, -0.05) is 0 Å². The zero-order chi connectivity index (χ0) is 10.1. The Hall–Kier alpha value is -0.260. The molecule has 2 fully saturated rings. The summed E-state index contributed by atoms with van der Waals surface area (Å²) >= 11 is 0. The smallest absolute Gasteiger partial charge is 0.251 e. The molecule has 5 heteroatoms. The van der Waals surface area contributed by atoms with Crippen LogP contribution in [-0.4, -0.2) is 66.2 Å². The van der Waals surface area contributed by atoms with Crippen LogP contribution in [0.4, 0.5) is 8.78 Å². The van der Waals surface area contributed by atoms with Gasteiger partial charge in [0.1, 0.15) is 0 Å². The van der Waals surface area contributed by atoms with Crippen LogP contribution in [0.15, 0.2) is 0 Å². The lowest BCUT2D eigenvalue weighted by molar-refractivity contribution is 0.0489. The molecule has 3 nitrogen and oxygen atoms in total. The van der Waals surface area contributed by atoms with Crippen LogP contribution in [0.5, 0.6) is 0 Å². The van der Waals surface area contributed by atoms with E-state index in [2.05, 4.69) is 4.90 Å². The van der Waals surface area contributed by atoms with Crippen LogP contribution in [0.3, 0.4) is 0 Å². The number of aliphatic hydroxyl groups is 1. The number of rotatable bonds is 4. The topological polar surface area (TPSA) is 26.7 Å². The molecule has 2 saturated heterocycles. The third-order valence-corrected chi connectivity index (χ3v) is 3.23. The molecular formula is C9H16F2N2O. The highest BCUT2D eigenvalue weighted by Gasteiger charge is 2.43. The van der Waals surface area contributed by atoms with Crippen molar-refractivity contribution < 1.29 is 13.9 Å². The van der Waals surface area contributed by atoms with Crippen LogP contribution in [0, 0.1) is 0 Å². The summed E-state index contributed by atoms with van der Waals surface area (Å²) < 4.78 is 24.3. The maximum Gasteiger partial charge on any atom is 0.251 e. The van der Waals surface area contributed by atoms with Gasteiger partial charge in [-0.25, -0.2) is 8.78 Å². The zero-order valence-corrected chi connectivity index (χ0v) is 8.07. The maximum absolute atomic E-state index is 12.2. The minimum atomic E-state index is -2.22. The summed E-state index contributed by atoms with van der Waals surface area (Å²) in [5, 5.41) is 8.79. The Morgan fingerprint density at radius 3 is 2.36 bits per heavy atom. The van der Waals surface area contributed by atoms with Crippen molar-refractivity contribution in [1.82, 2.24) is 9.80 Å². The monoisotopic (exact) mass is 206 g/mol. The summed E-state index contributed by atoms with van der Waals surface area (Å²) in [4.78, 5) is 4.08. The van der Waals surface area contributed by atoms with E-state index in [0.29, 0.717) is 18.6 Å². The number of aliphatic hydroxyl groups excluding tert-OH is 1. The molecule has 14 heavy (non-hydrogen) atoms. The molecule has 0 aliphatic carbocycles. The standard InChI is InChI=1S/C9H16F2N2O/c10-9(11)6-13-5-7-3-8(13)4-12(7)1-2-14/h7-9,14H,1-6H2/t7-,8-/m0/s1. The molecule has 82 valence electrons. The Morgan fingerprint density at radius 2 is 1.86 bits per heavy atom. The lowest BCUT2D eigenvalue weighted by Crippen LogP contribution is -2.48. The first-order chi connectivity index (χ1) is 6.70. The second-order valence-corrected chi connectivity index (χ2v) is 4.11. The first-order valence-corrected chi connectivity index (χ1v) is 5.08. The van der Waals surface area contributed by atoms with Crippen LogP contribution in [-0.2, 0) is 0 Å². The molecule has 1 N–H and O–H groups in total. The van der Waals surface area contributed by atoms with Crippen molar-refractivity contribution in [3.8, 4) is 0 Å². The minimum Gasteiger partial charge on any atom is -0.395 e. The van der Waals surface area contributed by atoms with Gasteiger partial charge in [-0.2, -0.15) is 0 Å². The van der Waals surface area contributed by atoms with E-state index in [1.165, 1.54) is 0 Å². The fourth-order valence-corrected chi connectivity index (χ4v) is 2.63. The molecule has 0 aromatic heterocycles. The van der Waals surface area contributed by atoms with Crippen molar-refractivity contribution in [2.75, 3.05) is 32.8 Å². The highest BCUT2D eigenvalue weighted by molar-refractivity contribution is 4.99. The molecule has 0 radical (unpaired) electrons. The molecular weight excluding hydrogens is 190 g/mol. The predicted molar refractivity (Wildman–Crippen MR) is 48.4 cm³/mol. The third-order valence-electron chi connectivity index (χ3n) is 3.23. The van der Waals surface area contributed by atoms with Crippen LogP contribution >= 0.6 is 0 Å². The quantitative estimate of drug-likeness (QED) is 0.701. The van der Waals surface area contributed by atoms with Crippen molar-refractivity contribution in [3.05, 3.63) is 0 Å². The van der Waals surface area contributed by atoms with Gasteiger partial charge in [0.15, 0.2) is 0 Å². The SMILES string of the molecule is OCCN1C[C@@H]2C[C@H]1CN2CC(F)F. The molecule has 2 aliphatic heterocycles. The average Bonchev–Trinajstić information content (AvgIpc) is 2.62. The first-order valence-electron chi connectivity index (χ1n) is 5.08. The summed E-state index contributed by atoms with van der Waals surface area (Å²) in [5.74, 6) is 0.